The maximum Gasteiger partial charge on any atom is 0.238 e. The van der Waals surface area contributed by atoms with E-state index in [4.69, 9.17) is 9.47 Å². The number of hydrogen-bond donors (Lipinski definition) is 1. The van der Waals surface area contributed by atoms with Gasteiger partial charge in [-0.1, -0.05) is 12.1 Å². The number of pyridine rings is 1. The van der Waals surface area contributed by atoms with Gasteiger partial charge in [0.15, 0.2) is 11.5 Å². The third-order valence-electron chi connectivity index (χ3n) is 5.39. The third-order valence-corrected chi connectivity index (χ3v) is 5.39. The minimum absolute atomic E-state index is 0.0133. The lowest BCUT2D eigenvalue weighted by atomic mass is 10.0. The lowest BCUT2D eigenvalue weighted by Gasteiger charge is -2.25. The van der Waals surface area contributed by atoms with E-state index >= 15 is 0 Å². The second-order valence-corrected chi connectivity index (χ2v) is 7.20. The fraction of sp³-hybridized carbons (Fsp3) is 0.304. The molecule has 1 aliphatic rings. The molecule has 1 atom stereocenters. The van der Waals surface area contributed by atoms with Gasteiger partial charge in [0.1, 0.15) is 0 Å². The molecule has 1 amide bonds. The molecule has 0 saturated carbocycles. The first-order valence-corrected chi connectivity index (χ1v) is 9.78. The highest BCUT2D eigenvalue weighted by Crippen LogP contribution is 2.36. The molecule has 29 heavy (non-hydrogen) atoms. The third kappa shape index (κ3) is 4.17. The Morgan fingerprint density at radius 2 is 2.00 bits per heavy atom. The summed E-state index contributed by atoms with van der Waals surface area (Å²) in [7, 11) is 3.27. The molecule has 0 bridgehead atoms. The molecular weight excluding hydrogens is 366 g/mol. The molecule has 150 valence electrons. The summed E-state index contributed by atoms with van der Waals surface area (Å²) in [5.41, 5.74) is 2.85. The maximum atomic E-state index is 12.7. The highest BCUT2D eigenvalue weighted by atomic mass is 16.5. The van der Waals surface area contributed by atoms with Crippen molar-refractivity contribution in [2.45, 2.75) is 18.9 Å². The molecule has 4 rings (SSSR count). The van der Waals surface area contributed by atoms with E-state index in [-0.39, 0.29) is 11.9 Å². The van der Waals surface area contributed by atoms with Gasteiger partial charge in [-0.2, -0.15) is 0 Å². The van der Waals surface area contributed by atoms with E-state index < -0.39 is 0 Å². The molecule has 1 fully saturated rings. The van der Waals surface area contributed by atoms with Crippen molar-refractivity contribution in [1.82, 2.24) is 9.88 Å². The van der Waals surface area contributed by atoms with Gasteiger partial charge in [0.25, 0.3) is 0 Å². The molecule has 1 unspecified atom stereocenters. The number of aromatic nitrogens is 1. The average molecular weight is 391 g/mol. The molecular formula is C23H25N3O3. The first-order valence-electron chi connectivity index (χ1n) is 9.78. The second kappa shape index (κ2) is 8.49. The number of carbonyl (C=O) groups is 1. The van der Waals surface area contributed by atoms with Crippen molar-refractivity contribution in [3.63, 3.8) is 0 Å². The first kappa shape index (κ1) is 19.2. The van der Waals surface area contributed by atoms with Crippen LogP contribution in [-0.4, -0.2) is 43.1 Å². The summed E-state index contributed by atoms with van der Waals surface area (Å²) < 4.78 is 10.8. The number of carbonyl (C=O) groups excluding carboxylic acids is 1. The summed E-state index contributed by atoms with van der Waals surface area (Å²) in [5.74, 6) is 1.41. The Labute approximate surface area is 170 Å². The minimum atomic E-state index is -0.0133. The molecule has 1 N–H and O–H groups in total. The summed E-state index contributed by atoms with van der Waals surface area (Å²) in [5, 5.41) is 4.03. The summed E-state index contributed by atoms with van der Waals surface area (Å²) in [6.45, 7) is 1.25. The zero-order valence-corrected chi connectivity index (χ0v) is 16.7. The lowest BCUT2D eigenvalue weighted by molar-refractivity contribution is -0.117. The van der Waals surface area contributed by atoms with Gasteiger partial charge in [-0.05, 0) is 61.3 Å². The number of methoxy groups -OCH3 is 2. The van der Waals surface area contributed by atoms with Crippen LogP contribution in [0.15, 0.2) is 54.7 Å². The van der Waals surface area contributed by atoms with E-state index in [1.165, 1.54) is 0 Å². The van der Waals surface area contributed by atoms with Gasteiger partial charge in [-0.3, -0.25) is 14.7 Å². The van der Waals surface area contributed by atoms with Crippen molar-refractivity contribution in [1.29, 1.82) is 0 Å². The van der Waals surface area contributed by atoms with Crippen LogP contribution in [0.2, 0.25) is 0 Å². The fourth-order valence-electron chi connectivity index (χ4n) is 3.99. The van der Waals surface area contributed by atoms with E-state index in [0.717, 1.165) is 41.5 Å². The largest absolute Gasteiger partial charge is 0.493 e. The molecule has 2 aromatic carbocycles. The van der Waals surface area contributed by atoms with Gasteiger partial charge >= 0.3 is 0 Å². The van der Waals surface area contributed by atoms with Crippen LogP contribution in [-0.2, 0) is 4.79 Å². The molecule has 1 saturated heterocycles. The van der Waals surface area contributed by atoms with E-state index in [9.17, 15) is 4.79 Å². The van der Waals surface area contributed by atoms with Crippen LogP contribution in [0.5, 0.6) is 11.5 Å². The Hall–Kier alpha value is -3.12. The quantitative estimate of drug-likeness (QED) is 0.687. The summed E-state index contributed by atoms with van der Waals surface area (Å²) in [6, 6.07) is 15.8. The molecule has 3 aromatic rings. The number of likely N-dealkylation sites (tertiary alicyclic amines) is 1. The van der Waals surface area contributed by atoms with Crippen molar-refractivity contribution >= 4 is 22.5 Å². The Balaban J connectivity index is 1.45. The van der Waals surface area contributed by atoms with Gasteiger partial charge in [0.05, 0.1) is 26.3 Å². The topological polar surface area (TPSA) is 63.7 Å². The molecule has 1 aliphatic heterocycles. The zero-order chi connectivity index (χ0) is 20.2. The second-order valence-electron chi connectivity index (χ2n) is 7.20. The summed E-state index contributed by atoms with van der Waals surface area (Å²) in [4.78, 5) is 19.2. The SMILES string of the molecule is COc1ccc(C2CCCN2CC(=O)Nc2ccc3ncccc3c2)cc1OC. The number of ether oxygens (including phenoxy) is 2. The number of hydrogen-bond acceptors (Lipinski definition) is 5. The molecule has 0 spiro atoms. The number of amides is 1. The molecule has 0 aliphatic carbocycles. The maximum absolute atomic E-state index is 12.7. The fourth-order valence-corrected chi connectivity index (χ4v) is 3.99. The number of nitrogens with one attached hydrogen (secondary N) is 1. The summed E-state index contributed by atoms with van der Waals surface area (Å²) >= 11 is 0. The highest BCUT2D eigenvalue weighted by Gasteiger charge is 2.28. The van der Waals surface area contributed by atoms with Crippen molar-refractivity contribution in [3.8, 4) is 11.5 Å². The number of benzene rings is 2. The predicted molar refractivity (Wildman–Crippen MR) is 113 cm³/mol. The monoisotopic (exact) mass is 391 g/mol. The Kier molecular flexibility index (Phi) is 5.62. The molecule has 6 nitrogen and oxygen atoms in total. The van der Waals surface area contributed by atoms with Crippen LogP contribution in [0.4, 0.5) is 5.69 Å². The zero-order valence-electron chi connectivity index (χ0n) is 16.7. The van der Waals surface area contributed by atoms with E-state index in [2.05, 4.69) is 21.3 Å². The van der Waals surface area contributed by atoms with Crippen LogP contribution >= 0.6 is 0 Å². The number of anilines is 1. The normalized spacial score (nSPS) is 16.7. The van der Waals surface area contributed by atoms with Crippen LogP contribution in [0.25, 0.3) is 10.9 Å². The summed E-state index contributed by atoms with van der Waals surface area (Å²) in [6.07, 6.45) is 3.85. The molecule has 2 heterocycles. The lowest BCUT2D eigenvalue weighted by Crippen LogP contribution is -2.32. The van der Waals surface area contributed by atoms with Crippen LogP contribution < -0.4 is 14.8 Å². The van der Waals surface area contributed by atoms with Crippen molar-refractivity contribution < 1.29 is 14.3 Å². The minimum Gasteiger partial charge on any atom is -0.493 e. The first-order chi connectivity index (χ1) is 14.2. The van der Waals surface area contributed by atoms with E-state index in [1.54, 1.807) is 20.4 Å². The van der Waals surface area contributed by atoms with Crippen molar-refractivity contribution in [2.24, 2.45) is 0 Å². The van der Waals surface area contributed by atoms with Crippen molar-refractivity contribution in [2.75, 3.05) is 32.6 Å². The van der Waals surface area contributed by atoms with E-state index in [0.29, 0.717) is 18.0 Å². The Morgan fingerprint density at radius 3 is 2.83 bits per heavy atom. The number of nitrogens with zero attached hydrogens (tertiary/aromatic N) is 2. The smallest absolute Gasteiger partial charge is 0.238 e. The van der Waals surface area contributed by atoms with Crippen LogP contribution in [0.3, 0.4) is 0 Å². The van der Waals surface area contributed by atoms with Gasteiger partial charge < -0.3 is 14.8 Å². The molecule has 6 heteroatoms. The average Bonchev–Trinajstić information content (AvgIpc) is 3.21. The number of rotatable bonds is 6. The van der Waals surface area contributed by atoms with Gasteiger partial charge in [0, 0.05) is 23.3 Å². The van der Waals surface area contributed by atoms with Gasteiger partial charge in [-0.15, -0.1) is 0 Å². The predicted octanol–water partition coefficient (Wildman–Crippen LogP) is 4.03. The highest BCUT2D eigenvalue weighted by molar-refractivity contribution is 5.94. The Bertz CT molecular complexity index is 1020. The molecule has 0 radical (unpaired) electrons. The molecule has 1 aromatic heterocycles. The standard InChI is InChI=1S/C23H25N3O3/c1-28-21-10-7-17(14-22(21)29-2)20-6-4-12-26(20)15-23(27)25-18-8-9-19-16(13-18)5-3-11-24-19/h3,5,7-11,13-14,20H,4,6,12,15H2,1-2H3,(H,25,27). The van der Waals surface area contributed by atoms with Crippen LogP contribution in [0.1, 0.15) is 24.4 Å². The number of fused-ring (bicyclic) bond motifs is 1. The van der Waals surface area contributed by atoms with Crippen LogP contribution in [0, 0.1) is 0 Å². The van der Waals surface area contributed by atoms with Gasteiger partial charge in [-0.25, -0.2) is 0 Å². The van der Waals surface area contributed by atoms with Crippen molar-refractivity contribution in [3.05, 3.63) is 60.3 Å². The Morgan fingerprint density at radius 1 is 1.14 bits per heavy atom. The van der Waals surface area contributed by atoms with Gasteiger partial charge in [0.2, 0.25) is 5.91 Å². The van der Waals surface area contributed by atoms with E-state index in [1.807, 2.05) is 42.5 Å².